The van der Waals surface area contributed by atoms with Gasteiger partial charge in [0.15, 0.2) is 0 Å². The summed E-state index contributed by atoms with van der Waals surface area (Å²) in [4.78, 5) is 7.36. The van der Waals surface area contributed by atoms with E-state index in [0.717, 1.165) is 0 Å². The Hall–Kier alpha value is -0.441. The number of aromatic nitrogens is 1. The minimum atomic E-state index is -2.01. The van der Waals surface area contributed by atoms with Crippen molar-refractivity contribution in [3.8, 4) is 0 Å². The SMILES string of the molecule is Cc1cc2ccccc2[n]1[Sn]([CH3])([CH3])[CH3]. The van der Waals surface area contributed by atoms with Crippen LogP contribution in [0, 0.1) is 6.92 Å². The number of nitrogens with zero attached hydrogens (tertiary/aromatic N) is 1. The summed E-state index contributed by atoms with van der Waals surface area (Å²) in [5.74, 6) is 0. The van der Waals surface area contributed by atoms with Crippen LogP contribution in [0.4, 0.5) is 0 Å². The molecule has 0 atom stereocenters. The zero-order valence-corrected chi connectivity index (χ0v) is 12.2. The summed E-state index contributed by atoms with van der Waals surface area (Å²) in [7, 11) is 0. The molecule has 2 aromatic rings. The summed E-state index contributed by atoms with van der Waals surface area (Å²) in [6, 6.07) is 11.0. The van der Waals surface area contributed by atoms with Crippen molar-refractivity contribution in [1.82, 2.24) is 2.79 Å². The molecule has 0 saturated heterocycles. The van der Waals surface area contributed by atoms with E-state index >= 15 is 0 Å². The van der Waals surface area contributed by atoms with Crippen LogP contribution in [0.15, 0.2) is 30.3 Å². The molecule has 14 heavy (non-hydrogen) atoms. The minimum absolute atomic E-state index is 1.39. The maximum atomic E-state index is 2.60. The van der Waals surface area contributed by atoms with Crippen molar-refractivity contribution < 1.29 is 0 Å². The number of hydrogen-bond donors (Lipinski definition) is 0. The fourth-order valence-electron chi connectivity index (χ4n) is 2.18. The van der Waals surface area contributed by atoms with E-state index in [4.69, 9.17) is 0 Å². The van der Waals surface area contributed by atoms with E-state index in [-0.39, 0.29) is 0 Å². The zero-order valence-electron chi connectivity index (χ0n) is 9.33. The second kappa shape index (κ2) is 3.30. The van der Waals surface area contributed by atoms with Gasteiger partial charge in [-0.05, 0) is 0 Å². The summed E-state index contributed by atoms with van der Waals surface area (Å²) in [5.41, 5.74) is 2.85. The Bertz CT molecular complexity index is 463. The van der Waals surface area contributed by atoms with Gasteiger partial charge >= 0.3 is 90.1 Å². The molecule has 0 aliphatic carbocycles. The van der Waals surface area contributed by atoms with Crippen LogP contribution in [0.5, 0.6) is 0 Å². The quantitative estimate of drug-likeness (QED) is 0.708. The molecule has 1 aromatic carbocycles. The summed E-state index contributed by atoms with van der Waals surface area (Å²) >= 11 is -2.01. The molecule has 0 bridgehead atoms. The van der Waals surface area contributed by atoms with Crippen LogP contribution in [0.1, 0.15) is 5.69 Å². The van der Waals surface area contributed by atoms with E-state index in [1.807, 2.05) is 0 Å². The Labute approximate surface area is 90.0 Å². The van der Waals surface area contributed by atoms with Gasteiger partial charge in [-0.15, -0.1) is 0 Å². The summed E-state index contributed by atoms with van der Waals surface area (Å²) in [6.45, 7) is 2.22. The molecule has 0 spiro atoms. The average Bonchev–Trinajstić information content (AvgIpc) is 2.38. The Morgan fingerprint density at radius 1 is 1.07 bits per heavy atom. The first-order chi connectivity index (χ1) is 6.50. The van der Waals surface area contributed by atoms with Crippen molar-refractivity contribution in [2.24, 2.45) is 0 Å². The van der Waals surface area contributed by atoms with Gasteiger partial charge in [0.2, 0.25) is 0 Å². The van der Waals surface area contributed by atoms with E-state index in [0.29, 0.717) is 0 Å². The Morgan fingerprint density at radius 2 is 1.71 bits per heavy atom. The van der Waals surface area contributed by atoms with Crippen LogP contribution in [-0.2, 0) is 0 Å². The molecule has 0 amide bonds. The first-order valence-corrected chi connectivity index (χ1v) is 14.9. The van der Waals surface area contributed by atoms with E-state index in [1.165, 1.54) is 16.6 Å². The maximum absolute atomic E-state index is 2.60. The summed E-state index contributed by atoms with van der Waals surface area (Å²) in [6.07, 6.45) is 0. The third-order valence-corrected chi connectivity index (χ3v) is 8.09. The molecular formula is C12H17NSn. The molecule has 0 aliphatic rings. The van der Waals surface area contributed by atoms with Gasteiger partial charge in [0, 0.05) is 0 Å². The molecule has 0 aliphatic heterocycles. The first-order valence-electron chi connectivity index (χ1n) is 5.08. The number of benzene rings is 1. The molecule has 0 fully saturated rings. The van der Waals surface area contributed by atoms with Gasteiger partial charge < -0.3 is 0 Å². The van der Waals surface area contributed by atoms with Gasteiger partial charge in [-0.1, -0.05) is 0 Å². The first kappa shape index (κ1) is 10.1. The van der Waals surface area contributed by atoms with Crippen LogP contribution in [0.25, 0.3) is 10.9 Å². The van der Waals surface area contributed by atoms with Gasteiger partial charge in [-0.2, -0.15) is 0 Å². The average molecular weight is 294 g/mol. The molecule has 0 N–H and O–H groups in total. The number of fused-ring (bicyclic) bond motifs is 1. The molecule has 1 heterocycles. The van der Waals surface area contributed by atoms with Gasteiger partial charge in [-0.25, -0.2) is 0 Å². The van der Waals surface area contributed by atoms with Crippen molar-refractivity contribution >= 4 is 29.6 Å². The van der Waals surface area contributed by atoms with Gasteiger partial charge in [0.1, 0.15) is 0 Å². The fourth-order valence-corrected chi connectivity index (χ4v) is 8.03. The number of rotatable bonds is 1. The van der Waals surface area contributed by atoms with E-state index < -0.39 is 18.7 Å². The number of hydrogen-bond acceptors (Lipinski definition) is 0. The van der Waals surface area contributed by atoms with Crippen LogP contribution < -0.4 is 0 Å². The third-order valence-electron chi connectivity index (χ3n) is 2.57. The van der Waals surface area contributed by atoms with Gasteiger partial charge in [0.25, 0.3) is 0 Å². The summed E-state index contributed by atoms with van der Waals surface area (Å²) in [5, 5.41) is 1.39. The van der Waals surface area contributed by atoms with Gasteiger partial charge in [0.05, 0.1) is 0 Å². The Kier molecular flexibility index (Phi) is 2.38. The van der Waals surface area contributed by atoms with E-state index in [9.17, 15) is 0 Å². The third kappa shape index (κ3) is 1.58. The molecule has 1 nitrogen and oxygen atoms in total. The normalized spacial score (nSPS) is 12.3. The molecule has 0 unspecified atom stereocenters. The molecule has 2 heteroatoms. The second-order valence-corrected chi connectivity index (χ2v) is 18.5. The predicted octanol–water partition coefficient (Wildman–Crippen LogP) is 3.63. The van der Waals surface area contributed by atoms with E-state index in [1.54, 1.807) is 0 Å². The molecule has 0 saturated carbocycles. The standard InChI is InChI=1S/C9H8N.3CH3.Sn/c1-7-6-8-4-2-3-5-9(8)10-7;;;;/h2-6H,1H3;3*1H3;/q-1;;;;+1. The van der Waals surface area contributed by atoms with Crippen molar-refractivity contribution in [2.45, 2.75) is 21.7 Å². The molecule has 1 aromatic heterocycles. The van der Waals surface area contributed by atoms with Crippen molar-refractivity contribution in [2.75, 3.05) is 0 Å². The summed E-state index contributed by atoms with van der Waals surface area (Å²) < 4.78 is 2.60. The van der Waals surface area contributed by atoms with Crippen LogP contribution in [0.2, 0.25) is 14.8 Å². The van der Waals surface area contributed by atoms with Crippen LogP contribution >= 0.6 is 0 Å². The van der Waals surface area contributed by atoms with Crippen LogP contribution in [0.3, 0.4) is 0 Å². The Balaban J connectivity index is 2.81. The molecular weight excluding hydrogens is 277 g/mol. The number of aryl methyl sites for hydroxylation is 1. The zero-order chi connectivity index (χ0) is 10.3. The van der Waals surface area contributed by atoms with E-state index in [2.05, 4.69) is 54.9 Å². The van der Waals surface area contributed by atoms with Crippen LogP contribution in [-0.4, -0.2) is 21.4 Å². The van der Waals surface area contributed by atoms with Crippen molar-refractivity contribution in [3.05, 3.63) is 36.0 Å². The molecule has 0 radical (unpaired) electrons. The second-order valence-electron chi connectivity index (χ2n) is 4.85. The molecule has 74 valence electrons. The molecule has 2 rings (SSSR count). The Morgan fingerprint density at radius 3 is 2.36 bits per heavy atom. The van der Waals surface area contributed by atoms with Crippen molar-refractivity contribution in [3.63, 3.8) is 0 Å². The predicted molar refractivity (Wildman–Crippen MR) is 65.4 cm³/mol. The van der Waals surface area contributed by atoms with Gasteiger partial charge in [-0.3, -0.25) is 0 Å². The topological polar surface area (TPSA) is 4.93 Å². The fraction of sp³-hybridized carbons (Fsp3) is 0.333. The number of para-hydroxylation sites is 1. The van der Waals surface area contributed by atoms with Crippen molar-refractivity contribution in [1.29, 1.82) is 0 Å². The monoisotopic (exact) mass is 295 g/mol.